The summed E-state index contributed by atoms with van der Waals surface area (Å²) in [6, 6.07) is 0. The molecule has 2 unspecified atom stereocenters. The van der Waals surface area contributed by atoms with Gasteiger partial charge in [0.25, 0.3) is 0 Å². The minimum atomic E-state index is -2.04. The predicted molar refractivity (Wildman–Crippen MR) is 133 cm³/mol. The number of fused-ring (bicyclic) bond motifs is 5. The number of Topliss-reactive ketones (excluding diaryl/α,β-unsaturated/α-hetero) is 1. The van der Waals surface area contributed by atoms with Crippen LogP contribution < -0.4 is 0 Å². The van der Waals surface area contributed by atoms with Gasteiger partial charge < -0.3 is 19.8 Å². The van der Waals surface area contributed by atoms with Gasteiger partial charge in [0, 0.05) is 36.4 Å². The topological polar surface area (TPSA) is 104 Å². The largest absolute Gasteiger partial charge is 0.454 e. The first-order valence-corrected chi connectivity index (χ1v) is 13.1. The van der Waals surface area contributed by atoms with E-state index >= 15 is 4.39 Å². The Morgan fingerprint density at radius 2 is 2.00 bits per heavy atom. The molecule has 5 rings (SSSR count). The third-order valence-electron chi connectivity index (χ3n) is 10.3. The SMILES string of the molecule is C[C@@H]1CC2C3CCC4=CC(=O)C=C[C@]4(C)[C@@]3(F)[C@@H](O)C[C@]2(C)[C@@]1(O)C(=O)COC(=O)C1=CN(C)C=CC1. The zero-order valence-corrected chi connectivity index (χ0v) is 21.9. The minimum absolute atomic E-state index is 0.114. The molecule has 5 aliphatic rings. The van der Waals surface area contributed by atoms with Crippen molar-refractivity contribution in [1.82, 2.24) is 4.90 Å². The van der Waals surface area contributed by atoms with Crippen LogP contribution in [-0.2, 0) is 19.1 Å². The quantitative estimate of drug-likeness (QED) is 0.557. The number of nitrogens with zero attached hydrogens (tertiary/aromatic N) is 1. The number of carbonyl (C=O) groups is 3. The molecular weight excluding hydrogens is 477 g/mol. The van der Waals surface area contributed by atoms with Crippen molar-refractivity contribution in [3.05, 3.63) is 47.9 Å². The maximum Gasteiger partial charge on any atom is 0.336 e. The number of allylic oxidation sites excluding steroid dienone is 5. The highest BCUT2D eigenvalue weighted by Crippen LogP contribution is 2.70. The molecule has 0 saturated heterocycles. The molecule has 4 aliphatic carbocycles. The summed E-state index contributed by atoms with van der Waals surface area (Å²) in [5, 5.41) is 23.4. The highest BCUT2D eigenvalue weighted by Gasteiger charge is 2.75. The van der Waals surface area contributed by atoms with Gasteiger partial charge in [0.05, 0.1) is 11.7 Å². The second kappa shape index (κ2) is 8.46. The van der Waals surface area contributed by atoms with Gasteiger partial charge in [-0.05, 0) is 62.8 Å². The van der Waals surface area contributed by atoms with Crippen molar-refractivity contribution in [2.45, 2.75) is 70.2 Å². The Balaban J connectivity index is 1.42. The van der Waals surface area contributed by atoms with Crippen LogP contribution in [0.25, 0.3) is 0 Å². The highest BCUT2D eigenvalue weighted by molar-refractivity contribution is 6.01. The minimum Gasteiger partial charge on any atom is -0.454 e. The number of halogens is 1. The summed E-state index contributed by atoms with van der Waals surface area (Å²) in [5.41, 5.74) is -5.07. The van der Waals surface area contributed by atoms with Gasteiger partial charge in [-0.25, -0.2) is 9.18 Å². The van der Waals surface area contributed by atoms with Crippen molar-refractivity contribution in [3.63, 3.8) is 0 Å². The van der Waals surface area contributed by atoms with Crippen molar-refractivity contribution in [2.75, 3.05) is 13.7 Å². The molecule has 0 amide bonds. The summed E-state index contributed by atoms with van der Waals surface area (Å²) in [5.74, 6) is -2.92. The zero-order chi connectivity index (χ0) is 27.0. The molecule has 3 saturated carbocycles. The van der Waals surface area contributed by atoms with Crippen LogP contribution in [0.2, 0.25) is 0 Å². The first kappa shape index (κ1) is 26.0. The number of aliphatic hydroxyl groups excluding tert-OH is 1. The fourth-order valence-corrected chi connectivity index (χ4v) is 8.30. The predicted octanol–water partition coefficient (Wildman–Crippen LogP) is 3.18. The molecule has 0 radical (unpaired) electrons. The van der Waals surface area contributed by atoms with Crippen LogP contribution in [0, 0.1) is 28.6 Å². The number of aliphatic hydroxyl groups is 2. The highest BCUT2D eigenvalue weighted by atomic mass is 19.1. The number of hydrogen-bond acceptors (Lipinski definition) is 7. The molecule has 3 fully saturated rings. The third-order valence-corrected chi connectivity index (χ3v) is 10.3. The summed E-state index contributed by atoms with van der Waals surface area (Å²) >= 11 is 0. The number of rotatable bonds is 4. The van der Waals surface area contributed by atoms with Crippen LogP contribution in [-0.4, -0.2) is 63.7 Å². The molecule has 0 aromatic carbocycles. The van der Waals surface area contributed by atoms with E-state index in [2.05, 4.69) is 0 Å². The van der Waals surface area contributed by atoms with E-state index in [4.69, 9.17) is 4.74 Å². The average Bonchev–Trinajstić information content (AvgIpc) is 3.05. The normalized spacial score (nSPS) is 44.4. The monoisotopic (exact) mass is 513 g/mol. The van der Waals surface area contributed by atoms with Gasteiger partial charge >= 0.3 is 5.97 Å². The van der Waals surface area contributed by atoms with E-state index in [0.29, 0.717) is 36.8 Å². The van der Waals surface area contributed by atoms with Crippen molar-refractivity contribution in [2.24, 2.45) is 28.6 Å². The van der Waals surface area contributed by atoms with Crippen LogP contribution in [0.5, 0.6) is 0 Å². The molecule has 2 N–H and O–H groups in total. The first-order chi connectivity index (χ1) is 17.3. The molecule has 8 atom stereocenters. The summed E-state index contributed by atoms with van der Waals surface area (Å²) in [6.45, 7) is 4.68. The first-order valence-electron chi connectivity index (χ1n) is 13.1. The fraction of sp³-hybridized carbons (Fsp3) is 0.621. The Morgan fingerprint density at radius 1 is 1.27 bits per heavy atom. The molecule has 200 valence electrons. The van der Waals surface area contributed by atoms with Gasteiger partial charge in [0.2, 0.25) is 5.78 Å². The number of ether oxygens (including phenoxy) is 1. The average molecular weight is 514 g/mol. The Hall–Kier alpha value is -2.58. The van der Waals surface area contributed by atoms with Crippen LogP contribution in [0.4, 0.5) is 4.39 Å². The van der Waals surface area contributed by atoms with Crippen molar-refractivity contribution < 1.29 is 33.7 Å². The van der Waals surface area contributed by atoms with Crippen LogP contribution >= 0.6 is 0 Å². The molecule has 1 aliphatic heterocycles. The number of carbonyl (C=O) groups excluding carboxylic acids is 3. The zero-order valence-electron chi connectivity index (χ0n) is 21.9. The fourth-order valence-electron chi connectivity index (χ4n) is 8.30. The Bertz CT molecular complexity index is 1170. The second-order valence-electron chi connectivity index (χ2n) is 12.1. The molecule has 8 heteroatoms. The van der Waals surface area contributed by atoms with Gasteiger partial charge in [0.15, 0.2) is 18.1 Å². The molecule has 0 bridgehead atoms. The van der Waals surface area contributed by atoms with E-state index in [-0.39, 0.29) is 18.1 Å². The third kappa shape index (κ3) is 3.41. The lowest BCUT2D eigenvalue weighted by Gasteiger charge is -2.62. The van der Waals surface area contributed by atoms with E-state index in [9.17, 15) is 24.6 Å². The van der Waals surface area contributed by atoms with Crippen molar-refractivity contribution in [3.8, 4) is 0 Å². The van der Waals surface area contributed by atoms with Crippen molar-refractivity contribution in [1.29, 1.82) is 0 Å². The lowest BCUT2D eigenvalue weighted by atomic mass is 9.44. The van der Waals surface area contributed by atoms with Crippen LogP contribution in [0.15, 0.2) is 47.9 Å². The van der Waals surface area contributed by atoms with E-state index in [1.54, 1.807) is 45.0 Å². The maximum atomic E-state index is 17.2. The van der Waals surface area contributed by atoms with Crippen LogP contribution in [0.3, 0.4) is 0 Å². The Labute approximate surface area is 216 Å². The van der Waals surface area contributed by atoms with E-state index < -0.39 is 58.4 Å². The molecule has 37 heavy (non-hydrogen) atoms. The lowest BCUT2D eigenvalue weighted by molar-refractivity contribution is -0.219. The molecule has 1 heterocycles. The molecule has 7 nitrogen and oxygen atoms in total. The summed E-state index contributed by atoms with van der Waals surface area (Å²) < 4.78 is 22.6. The Kier molecular flexibility index (Phi) is 5.96. The Morgan fingerprint density at radius 3 is 2.70 bits per heavy atom. The van der Waals surface area contributed by atoms with Crippen molar-refractivity contribution >= 4 is 17.5 Å². The molecule has 0 spiro atoms. The summed E-state index contributed by atoms with van der Waals surface area (Å²) in [4.78, 5) is 39.9. The van der Waals surface area contributed by atoms with Gasteiger partial charge in [0.1, 0.15) is 5.60 Å². The van der Waals surface area contributed by atoms with Gasteiger partial charge in [-0.2, -0.15) is 0 Å². The standard InChI is InChI=1S/C29H36FNO6/c1-17-12-22-21-8-7-19-13-20(32)9-10-26(19,2)28(21,30)23(33)14-27(22,3)29(17,36)24(34)16-37-25(35)18-6-5-11-31(4)15-18/h5,9-11,13,15,17,21-23,33,36H,6-8,12,14,16H2,1-4H3/t17-,21?,22?,23+,26+,27+,28+,29+/m1/s1. The maximum absolute atomic E-state index is 17.2. The number of ketones is 2. The smallest absolute Gasteiger partial charge is 0.336 e. The van der Waals surface area contributed by atoms with Crippen LogP contribution in [0.1, 0.15) is 52.9 Å². The van der Waals surface area contributed by atoms with Gasteiger partial charge in [-0.3, -0.25) is 9.59 Å². The number of alkyl halides is 1. The summed E-state index contributed by atoms with van der Waals surface area (Å²) in [7, 11) is 1.78. The molecule has 0 aromatic rings. The van der Waals surface area contributed by atoms with E-state index in [0.717, 1.165) is 0 Å². The molecule has 0 aromatic heterocycles. The second-order valence-corrected chi connectivity index (χ2v) is 12.1. The van der Waals surface area contributed by atoms with E-state index in [1.165, 1.54) is 12.2 Å². The van der Waals surface area contributed by atoms with Gasteiger partial charge in [-0.1, -0.05) is 31.6 Å². The molecular formula is C29H36FNO6. The lowest BCUT2D eigenvalue weighted by Crippen LogP contribution is -2.69. The number of hydrogen-bond donors (Lipinski definition) is 2. The number of esters is 1. The van der Waals surface area contributed by atoms with E-state index in [1.807, 2.05) is 12.3 Å². The summed E-state index contributed by atoms with van der Waals surface area (Å²) in [6.07, 6.45) is 9.86. The van der Waals surface area contributed by atoms with Gasteiger partial charge in [-0.15, -0.1) is 0 Å².